The minimum Gasteiger partial charge on any atom is -0.481 e. The predicted octanol–water partition coefficient (Wildman–Crippen LogP) is 1.03. The number of nitrogens with zero attached hydrogens (tertiary/aromatic N) is 1. The van der Waals surface area contributed by atoms with Crippen LogP contribution in [0.5, 0.6) is 5.75 Å². The molecule has 1 N–H and O–H groups in total. The van der Waals surface area contributed by atoms with E-state index in [0.29, 0.717) is 6.61 Å². The van der Waals surface area contributed by atoms with Gasteiger partial charge in [-0.3, -0.25) is 4.79 Å². The fourth-order valence-electron chi connectivity index (χ4n) is 2.20. The number of benzene rings is 1. The van der Waals surface area contributed by atoms with E-state index in [0.717, 1.165) is 37.4 Å². The number of methoxy groups -OCH3 is 1. The van der Waals surface area contributed by atoms with Gasteiger partial charge in [-0.15, -0.1) is 0 Å². The zero-order valence-corrected chi connectivity index (χ0v) is 12.1. The summed E-state index contributed by atoms with van der Waals surface area (Å²) in [5.41, 5.74) is 1.14. The highest BCUT2D eigenvalue weighted by Crippen LogP contribution is 2.19. The maximum Gasteiger partial charge on any atom is 0.263 e. The van der Waals surface area contributed by atoms with Crippen molar-refractivity contribution >= 4 is 5.91 Å². The Balaban J connectivity index is 1.87. The number of likely N-dealkylation sites (N-methyl/N-ethyl adjacent to an activating group) is 1. The Morgan fingerprint density at radius 2 is 2.30 bits per heavy atom. The van der Waals surface area contributed by atoms with Gasteiger partial charge in [0.1, 0.15) is 5.75 Å². The molecule has 1 fully saturated rings. The summed E-state index contributed by atoms with van der Waals surface area (Å²) in [6.07, 6.45) is 0.419. The summed E-state index contributed by atoms with van der Waals surface area (Å²) in [6.45, 7) is 3.04. The molecule has 1 atom stereocenters. The fourth-order valence-corrected chi connectivity index (χ4v) is 2.20. The van der Waals surface area contributed by atoms with Crippen molar-refractivity contribution in [3.05, 3.63) is 29.8 Å². The van der Waals surface area contributed by atoms with Gasteiger partial charge in [0.15, 0.2) is 6.10 Å². The topological polar surface area (TPSA) is 50.8 Å². The van der Waals surface area contributed by atoms with Crippen molar-refractivity contribution in [1.29, 1.82) is 0 Å². The highest BCUT2D eigenvalue weighted by atomic mass is 16.5. The number of amides is 1. The third kappa shape index (κ3) is 3.95. The van der Waals surface area contributed by atoms with E-state index >= 15 is 0 Å². The number of carbonyl (C=O) groups is 1. The summed E-state index contributed by atoms with van der Waals surface area (Å²) in [5, 5.41) is 3.28. The maximum absolute atomic E-state index is 11.8. The van der Waals surface area contributed by atoms with Gasteiger partial charge < -0.3 is 19.7 Å². The van der Waals surface area contributed by atoms with Crippen LogP contribution in [-0.4, -0.2) is 50.8 Å². The first-order valence-corrected chi connectivity index (χ1v) is 6.91. The number of hydrogen-bond donors (Lipinski definition) is 1. The molecule has 1 aliphatic heterocycles. The summed E-state index contributed by atoms with van der Waals surface area (Å²) < 4.78 is 10.8. The Morgan fingerprint density at radius 3 is 3.00 bits per heavy atom. The van der Waals surface area contributed by atoms with Gasteiger partial charge in [0.2, 0.25) is 0 Å². The molecule has 2 rings (SSSR count). The van der Waals surface area contributed by atoms with E-state index in [4.69, 9.17) is 9.47 Å². The minimum atomic E-state index is -0.336. The normalized spacial score (nSPS) is 18.6. The monoisotopic (exact) mass is 278 g/mol. The average Bonchev–Trinajstić information content (AvgIpc) is 2.76. The van der Waals surface area contributed by atoms with Crippen LogP contribution in [0.3, 0.4) is 0 Å². The molecule has 0 aromatic heterocycles. The highest BCUT2D eigenvalue weighted by molar-refractivity contribution is 5.83. The average molecular weight is 278 g/mol. The zero-order chi connectivity index (χ0) is 14.4. The van der Waals surface area contributed by atoms with E-state index in [-0.39, 0.29) is 12.0 Å². The van der Waals surface area contributed by atoms with Gasteiger partial charge in [0.05, 0.1) is 6.61 Å². The van der Waals surface area contributed by atoms with Gasteiger partial charge in [-0.25, -0.2) is 0 Å². The molecule has 1 unspecified atom stereocenters. The molecule has 0 aliphatic carbocycles. The van der Waals surface area contributed by atoms with E-state index in [1.165, 1.54) is 0 Å². The molecule has 1 amide bonds. The van der Waals surface area contributed by atoms with E-state index < -0.39 is 0 Å². The second-order valence-electron chi connectivity index (χ2n) is 4.97. The van der Waals surface area contributed by atoms with Gasteiger partial charge in [0, 0.05) is 40.2 Å². The SMILES string of the molecule is COCCNCc1cccc(OC2CCN(C)C2=O)c1. The first kappa shape index (κ1) is 14.8. The van der Waals surface area contributed by atoms with Gasteiger partial charge >= 0.3 is 0 Å². The molecule has 0 saturated carbocycles. The van der Waals surface area contributed by atoms with Crippen LogP contribution in [0, 0.1) is 0 Å². The van der Waals surface area contributed by atoms with Crippen molar-refractivity contribution in [3.8, 4) is 5.75 Å². The lowest BCUT2D eigenvalue weighted by Gasteiger charge is -2.14. The molecule has 5 nitrogen and oxygen atoms in total. The van der Waals surface area contributed by atoms with E-state index in [1.54, 1.807) is 12.0 Å². The molecule has 0 spiro atoms. The van der Waals surface area contributed by atoms with Gasteiger partial charge in [-0.1, -0.05) is 12.1 Å². The van der Waals surface area contributed by atoms with Crippen LogP contribution < -0.4 is 10.1 Å². The van der Waals surface area contributed by atoms with Crippen LogP contribution in [0.2, 0.25) is 0 Å². The third-order valence-corrected chi connectivity index (χ3v) is 3.37. The molecule has 0 radical (unpaired) electrons. The lowest BCUT2D eigenvalue weighted by Crippen LogP contribution is -2.29. The molecular weight excluding hydrogens is 256 g/mol. The van der Waals surface area contributed by atoms with Crippen molar-refractivity contribution in [2.45, 2.75) is 19.1 Å². The summed E-state index contributed by atoms with van der Waals surface area (Å²) >= 11 is 0. The van der Waals surface area contributed by atoms with Crippen LogP contribution in [0.15, 0.2) is 24.3 Å². The largest absolute Gasteiger partial charge is 0.481 e. The number of likely N-dealkylation sites (tertiary alicyclic amines) is 1. The smallest absolute Gasteiger partial charge is 0.263 e. The lowest BCUT2D eigenvalue weighted by molar-refractivity contribution is -0.132. The quantitative estimate of drug-likeness (QED) is 0.757. The van der Waals surface area contributed by atoms with Crippen LogP contribution in [0.4, 0.5) is 0 Å². The van der Waals surface area contributed by atoms with Gasteiger partial charge in [-0.2, -0.15) is 0 Å². The summed E-state index contributed by atoms with van der Waals surface area (Å²) in [7, 11) is 3.49. The minimum absolute atomic E-state index is 0.0635. The van der Waals surface area contributed by atoms with Crippen molar-refractivity contribution in [3.63, 3.8) is 0 Å². The zero-order valence-electron chi connectivity index (χ0n) is 12.1. The van der Waals surface area contributed by atoms with Gasteiger partial charge in [-0.05, 0) is 17.7 Å². The standard InChI is InChI=1S/C15H22N2O3/c1-17-8-6-14(15(17)18)20-13-5-3-4-12(10-13)11-16-7-9-19-2/h3-5,10,14,16H,6-9,11H2,1-2H3. The second kappa shape index (κ2) is 7.26. The van der Waals surface area contributed by atoms with E-state index in [1.807, 2.05) is 31.3 Å². The van der Waals surface area contributed by atoms with Crippen molar-refractivity contribution in [2.24, 2.45) is 0 Å². The number of nitrogens with one attached hydrogen (secondary N) is 1. The van der Waals surface area contributed by atoms with E-state index in [2.05, 4.69) is 5.32 Å². The van der Waals surface area contributed by atoms with Crippen LogP contribution >= 0.6 is 0 Å². The molecular formula is C15H22N2O3. The van der Waals surface area contributed by atoms with Crippen molar-refractivity contribution in [2.75, 3.05) is 33.9 Å². The summed E-state index contributed by atoms with van der Waals surface area (Å²) in [5.74, 6) is 0.818. The fraction of sp³-hybridized carbons (Fsp3) is 0.533. The molecule has 110 valence electrons. The summed E-state index contributed by atoms with van der Waals surface area (Å²) in [6, 6.07) is 7.86. The van der Waals surface area contributed by atoms with Crippen LogP contribution in [0.1, 0.15) is 12.0 Å². The van der Waals surface area contributed by atoms with Crippen molar-refractivity contribution < 1.29 is 14.3 Å². The molecule has 1 saturated heterocycles. The van der Waals surface area contributed by atoms with Crippen LogP contribution in [0.25, 0.3) is 0 Å². The molecule has 1 heterocycles. The number of carbonyl (C=O) groups excluding carboxylic acids is 1. The Labute approximate surface area is 119 Å². The van der Waals surface area contributed by atoms with Crippen molar-refractivity contribution in [1.82, 2.24) is 10.2 Å². The first-order chi connectivity index (χ1) is 9.70. The molecule has 1 aromatic rings. The number of rotatable bonds is 7. The molecule has 1 aromatic carbocycles. The summed E-state index contributed by atoms with van der Waals surface area (Å²) in [4.78, 5) is 13.5. The number of ether oxygens (including phenoxy) is 2. The predicted molar refractivity (Wildman–Crippen MR) is 76.7 cm³/mol. The Bertz CT molecular complexity index is 450. The highest BCUT2D eigenvalue weighted by Gasteiger charge is 2.30. The Hall–Kier alpha value is -1.59. The first-order valence-electron chi connectivity index (χ1n) is 6.91. The molecule has 20 heavy (non-hydrogen) atoms. The van der Waals surface area contributed by atoms with Crippen LogP contribution in [-0.2, 0) is 16.1 Å². The molecule has 5 heteroatoms. The van der Waals surface area contributed by atoms with Gasteiger partial charge in [0.25, 0.3) is 5.91 Å². The Morgan fingerprint density at radius 1 is 1.45 bits per heavy atom. The third-order valence-electron chi connectivity index (χ3n) is 3.37. The molecule has 0 bridgehead atoms. The second-order valence-corrected chi connectivity index (χ2v) is 4.97. The Kier molecular flexibility index (Phi) is 5.38. The molecule has 1 aliphatic rings. The van der Waals surface area contributed by atoms with E-state index in [9.17, 15) is 4.79 Å². The maximum atomic E-state index is 11.8. The lowest BCUT2D eigenvalue weighted by atomic mass is 10.2. The number of hydrogen-bond acceptors (Lipinski definition) is 4.